The van der Waals surface area contributed by atoms with Crippen LogP contribution in [-0.4, -0.2) is 39.8 Å². The van der Waals surface area contributed by atoms with E-state index in [2.05, 4.69) is 76.9 Å². The Morgan fingerprint density at radius 2 is 1.94 bits per heavy atom. The molecule has 0 unspecified atom stereocenters. The van der Waals surface area contributed by atoms with Crippen molar-refractivity contribution in [3.05, 3.63) is 82.9 Å². The summed E-state index contributed by atoms with van der Waals surface area (Å²) in [5.41, 5.74) is 7.17. The largest absolute Gasteiger partial charge is 0.385 e. The first kappa shape index (κ1) is 21.5. The van der Waals surface area contributed by atoms with Gasteiger partial charge in [0.1, 0.15) is 0 Å². The second-order valence-corrected chi connectivity index (χ2v) is 8.55. The number of rotatable bonds is 7. The van der Waals surface area contributed by atoms with Gasteiger partial charge in [-0.1, -0.05) is 18.2 Å². The fourth-order valence-corrected chi connectivity index (χ4v) is 4.95. The van der Waals surface area contributed by atoms with Crippen LogP contribution in [0.15, 0.2) is 54.7 Å². The maximum atomic E-state index is 5.78. The smallest absolute Gasteiger partial charge is 0.170 e. The van der Waals surface area contributed by atoms with Crippen LogP contribution >= 0.6 is 12.2 Å². The Balaban J connectivity index is 1.79. The monoisotopic (exact) mass is 434 g/mol. The topological polar surface area (TPSA) is 42.3 Å². The van der Waals surface area contributed by atoms with Gasteiger partial charge >= 0.3 is 0 Å². The predicted octanol–water partition coefficient (Wildman–Crippen LogP) is 4.81. The maximum absolute atomic E-state index is 5.78. The number of nitrogens with one attached hydrogen (secondary N) is 1. The van der Waals surface area contributed by atoms with E-state index in [0.717, 1.165) is 23.8 Å². The van der Waals surface area contributed by atoms with Crippen LogP contribution in [-0.2, 0) is 4.74 Å². The van der Waals surface area contributed by atoms with Crippen LogP contribution in [0.1, 0.15) is 46.7 Å². The van der Waals surface area contributed by atoms with Gasteiger partial charge < -0.3 is 19.5 Å². The van der Waals surface area contributed by atoms with Crippen molar-refractivity contribution in [2.24, 2.45) is 0 Å². The minimum Gasteiger partial charge on any atom is -0.385 e. The maximum Gasteiger partial charge on any atom is 0.170 e. The molecule has 0 amide bonds. The molecule has 0 spiro atoms. The zero-order valence-electron chi connectivity index (χ0n) is 18.6. The summed E-state index contributed by atoms with van der Waals surface area (Å²) in [6.45, 7) is 8.05. The summed E-state index contributed by atoms with van der Waals surface area (Å²) in [6.07, 6.45) is 2.76. The molecule has 1 fully saturated rings. The van der Waals surface area contributed by atoms with Gasteiger partial charge in [-0.15, -0.1) is 0 Å². The molecular weight excluding hydrogens is 404 g/mol. The second kappa shape index (κ2) is 9.20. The Morgan fingerprint density at radius 3 is 2.65 bits per heavy atom. The van der Waals surface area contributed by atoms with E-state index >= 15 is 0 Å². The summed E-state index contributed by atoms with van der Waals surface area (Å²) >= 11 is 5.78. The third-order valence-electron chi connectivity index (χ3n) is 5.99. The van der Waals surface area contributed by atoms with Gasteiger partial charge in [-0.25, -0.2) is 0 Å². The number of aromatic nitrogens is 2. The number of hydrogen-bond acceptors (Lipinski definition) is 3. The van der Waals surface area contributed by atoms with Gasteiger partial charge in [-0.05, 0) is 80.9 Å². The van der Waals surface area contributed by atoms with Gasteiger partial charge in [0.2, 0.25) is 0 Å². The summed E-state index contributed by atoms with van der Waals surface area (Å²) < 4.78 is 7.64. The van der Waals surface area contributed by atoms with Gasteiger partial charge in [0.05, 0.1) is 17.8 Å². The van der Waals surface area contributed by atoms with Crippen molar-refractivity contribution in [3.8, 4) is 5.69 Å². The molecule has 0 radical (unpaired) electrons. The summed E-state index contributed by atoms with van der Waals surface area (Å²) in [5.74, 6) is 0. The molecule has 0 aliphatic carbocycles. The molecule has 1 aromatic carbocycles. The van der Waals surface area contributed by atoms with E-state index in [9.17, 15) is 0 Å². The van der Waals surface area contributed by atoms with E-state index in [1.54, 1.807) is 7.11 Å². The van der Waals surface area contributed by atoms with E-state index in [-0.39, 0.29) is 12.1 Å². The van der Waals surface area contributed by atoms with Gasteiger partial charge in [0, 0.05) is 43.5 Å². The summed E-state index contributed by atoms with van der Waals surface area (Å²) in [7, 11) is 1.74. The number of nitrogens with zero attached hydrogens (tertiary/aromatic N) is 3. The highest BCUT2D eigenvalue weighted by Gasteiger charge is 2.41. The molecule has 1 N–H and O–H groups in total. The molecule has 1 aliphatic heterocycles. The first-order chi connectivity index (χ1) is 15.0. The Hall–Kier alpha value is -2.70. The number of ether oxygens (including phenoxy) is 1. The highest BCUT2D eigenvalue weighted by Crippen LogP contribution is 2.41. The Bertz CT molecular complexity index is 1060. The molecule has 0 saturated carbocycles. The van der Waals surface area contributed by atoms with Crippen molar-refractivity contribution in [1.82, 2.24) is 19.8 Å². The molecule has 3 heterocycles. The van der Waals surface area contributed by atoms with Gasteiger partial charge in [-0.2, -0.15) is 0 Å². The van der Waals surface area contributed by atoms with Crippen molar-refractivity contribution in [1.29, 1.82) is 0 Å². The van der Waals surface area contributed by atoms with E-state index in [0.29, 0.717) is 6.61 Å². The fraction of sp³-hybridized carbons (Fsp3) is 0.360. The molecule has 6 heteroatoms. The average Bonchev–Trinajstić information content (AvgIpc) is 3.24. The molecule has 0 bridgehead atoms. The third kappa shape index (κ3) is 4.23. The lowest BCUT2D eigenvalue weighted by atomic mass is 9.96. The van der Waals surface area contributed by atoms with Crippen LogP contribution in [0, 0.1) is 20.8 Å². The number of benzene rings is 1. The number of hydrogen-bond donors (Lipinski definition) is 1. The minimum atomic E-state index is 0.00250. The molecule has 2 aromatic heterocycles. The molecular formula is C25H30N4OS. The third-order valence-corrected chi connectivity index (χ3v) is 6.35. The normalized spacial score (nSPS) is 18.5. The molecule has 4 rings (SSSR count). The molecule has 1 saturated heterocycles. The second-order valence-electron chi connectivity index (χ2n) is 8.17. The van der Waals surface area contributed by atoms with Gasteiger partial charge in [-0.3, -0.25) is 4.98 Å². The van der Waals surface area contributed by atoms with E-state index < -0.39 is 0 Å². The lowest BCUT2D eigenvalue weighted by Gasteiger charge is -2.28. The van der Waals surface area contributed by atoms with Crippen molar-refractivity contribution in [2.75, 3.05) is 20.3 Å². The number of methoxy groups -OCH3 is 1. The van der Waals surface area contributed by atoms with Crippen LogP contribution < -0.4 is 5.32 Å². The summed E-state index contributed by atoms with van der Waals surface area (Å²) in [6, 6.07) is 17.1. The fourth-order valence-electron chi connectivity index (χ4n) is 4.62. The van der Waals surface area contributed by atoms with Crippen LogP contribution in [0.2, 0.25) is 0 Å². The zero-order valence-corrected chi connectivity index (χ0v) is 19.4. The van der Waals surface area contributed by atoms with Crippen molar-refractivity contribution in [2.45, 2.75) is 39.3 Å². The van der Waals surface area contributed by atoms with E-state index in [1.807, 2.05) is 18.3 Å². The summed E-state index contributed by atoms with van der Waals surface area (Å²) in [5, 5.41) is 4.32. The molecule has 2 atom stereocenters. The first-order valence-corrected chi connectivity index (χ1v) is 11.1. The predicted molar refractivity (Wildman–Crippen MR) is 129 cm³/mol. The van der Waals surface area contributed by atoms with Crippen molar-refractivity contribution in [3.63, 3.8) is 0 Å². The number of pyridine rings is 1. The molecule has 5 nitrogen and oxygen atoms in total. The summed E-state index contributed by atoms with van der Waals surface area (Å²) in [4.78, 5) is 6.95. The van der Waals surface area contributed by atoms with E-state index in [4.69, 9.17) is 17.0 Å². The number of aryl methyl sites for hydroxylation is 2. The highest BCUT2D eigenvalue weighted by atomic mass is 32.1. The highest BCUT2D eigenvalue weighted by molar-refractivity contribution is 7.80. The van der Waals surface area contributed by atoms with Crippen LogP contribution in [0.3, 0.4) is 0 Å². The van der Waals surface area contributed by atoms with Crippen molar-refractivity contribution < 1.29 is 4.74 Å². The van der Waals surface area contributed by atoms with Crippen LogP contribution in [0.25, 0.3) is 5.69 Å². The lowest BCUT2D eigenvalue weighted by molar-refractivity contribution is 0.180. The zero-order chi connectivity index (χ0) is 22.0. The average molecular weight is 435 g/mol. The standard InChI is InChI=1S/C25H30N4OS/c1-17-9-7-10-20(15-17)29-18(2)16-21(19(29)3)24-23(22-11-5-6-12-26-22)27-25(31)28(24)13-8-14-30-4/h5-7,9-12,15-16,23-24H,8,13-14H2,1-4H3,(H,27,31)/t23-,24+/m1/s1. The van der Waals surface area contributed by atoms with Gasteiger partial charge in [0.25, 0.3) is 0 Å². The Kier molecular flexibility index (Phi) is 6.39. The minimum absolute atomic E-state index is 0.00250. The molecule has 3 aromatic rings. The van der Waals surface area contributed by atoms with Crippen molar-refractivity contribution >= 4 is 17.3 Å². The van der Waals surface area contributed by atoms with E-state index in [1.165, 1.54) is 28.2 Å². The quantitative estimate of drug-likeness (QED) is 0.427. The molecule has 162 valence electrons. The SMILES string of the molecule is COCCCN1C(=S)N[C@H](c2ccccn2)[C@@H]1c1cc(C)n(-c2cccc(C)c2)c1C. The first-order valence-electron chi connectivity index (χ1n) is 10.7. The van der Waals surface area contributed by atoms with Crippen LogP contribution in [0.5, 0.6) is 0 Å². The Morgan fingerprint density at radius 1 is 1.10 bits per heavy atom. The van der Waals surface area contributed by atoms with Gasteiger partial charge in [0.15, 0.2) is 5.11 Å². The molecule has 31 heavy (non-hydrogen) atoms. The number of thiocarbonyl (C=S) groups is 1. The lowest BCUT2D eigenvalue weighted by Crippen LogP contribution is -2.31. The molecule has 1 aliphatic rings. The van der Waals surface area contributed by atoms with Crippen LogP contribution in [0.4, 0.5) is 0 Å². The Labute approximate surface area is 190 Å².